The maximum Gasteiger partial charge on any atom is 0.274 e. The Bertz CT molecular complexity index is 1040. The fourth-order valence-corrected chi connectivity index (χ4v) is 4.16. The first-order valence-electron chi connectivity index (χ1n) is 10.0. The van der Waals surface area contributed by atoms with Crippen LogP contribution in [0.4, 0.5) is 0 Å². The summed E-state index contributed by atoms with van der Waals surface area (Å²) in [5.74, 6) is -0.0958. The van der Waals surface area contributed by atoms with Crippen LogP contribution in [0.1, 0.15) is 32.2 Å². The Morgan fingerprint density at radius 1 is 1.00 bits per heavy atom. The Kier molecular flexibility index (Phi) is 4.35. The molecule has 0 unspecified atom stereocenters. The van der Waals surface area contributed by atoms with Gasteiger partial charge in [0.25, 0.3) is 11.8 Å². The third kappa shape index (κ3) is 3.19. The molecule has 0 radical (unpaired) electrons. The number of likely N-dealkylation sites (N-methyl/N-ethyl adjacent to an activating group) is 1. The van der Waals surface area contributed by atoms with E-state index in [1.54, 1.807) is 4.90 Å². The second kappa shape index (κ2) is 7.04. The van der Waals surface area contributed by atoms with Crippen LogP contribution in [0.2, 0.25) is 0 Å². The number of hydrogen-bond donors (Lipinski definition) is 2. The van der Waals surface area contributed by atoms with E-state index in [1.165, 1.54) is 0 Å². The zero-order valence-corrected chi connectivity index (χ0v) is 16.4. The predicted molar refractivity (Wildman–Crippen MR) is 109 cm³/mol. The van der Waals surface area contributed by atoms with Gasteiger partial charge in [-0.05, 0) is 19.2 Å². The average Bonchev–Trinajstić information content (AvgIpc) is 3.37. The number of benzene rings is 1. The molecule has 1 aromatic carbocycles. The predicted octanol–water partition coefficient (Wildman–Crippen LogP) is 1.48. The number of aromatic amines is 2. The molecule has 2 aromatic heterocycles. The molecule has 0 bridgehead atoms. The van der Waals surface area contributed by atoms with E-state index in [2.05, 4.69) is 27.1 Å². The topological polar surface area (TPSA) is 88.3 Å². The van der Waals surface area contributed by atoms with Crippen molar-refractivity contribution >= 4 is 22.7 Å². The third-order valence-corrected chi connectivity index (χ3v) is 5.97. The van der Waals surface area contributed by atoms with Crippen LogP contribution < -0.4 is 0 Å². The number of carbonyl (C=O) groups excluding carboxylic acids is 2. The van der Waals surface area contributed by atoms with E-state index in [1.807, 2.05) is 35.2 Å². The van der Waals surface area contributed by atoms with Crippen molar-refractivity contribution in [1.82, 2.24) is 29.9 Å². The number of aromatic nitrogens is 3. The summed E-state index contributed by atoms with van der Waals surface area (Å²) in [5, 5.41) is 8.36. The molecule has 150 valence electrons. The highest BCUT2D eigenvalue weighted by molar-refractivity contribution is 5.98. The molecule has 2 amide bonds. The summed E-state index contributed by atoms with van der Waals surface area (Å²) in [6, 6.07) is 9.74. The first-order chi connectivity index (χ1) is 14.1. The monoisotopic (exact) mass is 392 g/mol. The van der Waals surface area contributed by atoms with Crippen molar-refractivity contribution in [3.8, 4) is 0 Å². The van der Waals surface area contributed by atoms with Crippen molar-refractivity contribution < 1.29 is 9.59 Å². The fourth-order valence-electron chi connectivity index (χ4n) is 4.16. The van der Waals surface area contributed by atoms with Gasteiger partial charge in [-0.15, -0.1) is 0 Å². The second-order valence-electron chi connectivity index (χ2n) is 7.87. The lowest BCUT2D eigenvalue weighted by atomic mass is 10.0. The van der Waals surface area contributed by atoms with E-state index in [4.69, 9.17) is 0 Å². The summed E-state index contributed by atoms with van der Waals surface area (Å²) in [6.07, 6.45) is 0.671. The van der Waals surface area contributed by atoms with Gasteiger partial charge in [-0.1, -0.05) is 18.2 Å². The van der Waals surface area contributed by atoms with Gasteiger partial charge < -0.3 is 19.7 Å². The van der Waals surface area contributed by atoms with Crippen LogP contribution in [0.5, 0.6) is 0 Å². The molecule has 5 rings (SSSR count). The molecule has 3 aromatic rings. The largest absolute Gasteiger partial charge is 0.351 e. The van der Waals surface area contributed by atoms with E-state index in [0.29, 0.717) is 44.0 Å². The number of nitrogens with one attached hydrogen (secondary N) is 2. The Morgan fingerprint density at radius 3 is 2.59 bits per heavy atom. The molecule has 0 spiro atoms. The van der Waals surface area contributed by atoms with Crippen LogP contribution in [-0.4, -0.2) is 81.5 Å². The minimum absolute atomic E-state index is 0.0458. The summed E-state index contributed by atoms with van der Waals surface area (Å²) in [6.45, 7) is 4.14. The Hall–Kier alpha value is -3.13. The molecule has 4 heterocycles. The molecule has 29 heavy (non-hydrogen) atoms. The SMILES string of the molecule is CN1CCN(C(=O)c2n[nH]c3c2CN(C(=O)c2cc4ccccc4[nH]2)CC3)CC1. The number of H-pyrrole nitrogens is 2. The summed E-state index contributed by atoms with van der Waals surface area (Å²) in [5.41, 5.74) is 3.79. The van der Waals surface area contributed by atoms with Gasteiger partial charge in [-0.3, -0.25) is 14.7 Å². The maximum atomic E-state index is 13.1. The molecule has 8 nitrogen and oxygen atoms in total. The Balaban J connectivity index is 1.37. The van der Waals surface area contributed by atoms with Crippen LogP contribution in [0.15, 0.2) is 30.3 Å². The normalized spacial score (nSPS) is 17.6. The number of nitrogens with zero attached hydrogens (tertiary/aromatic N) is 4. The van der Waals surface area contributed by atoms with Crippen molar-refractivity contribution in [3.63, 3.8) is 0 Å². The van der Waals surface area contributed by atoms with Gasteiger partial charge in [-0.2, -0.15) is 5.10 Å². The van der Waals surface area contributed by atoms with Crippen LogP contribution in [-0.2, 0) is 13.0 Å². The van der Waals surface area contributed by atoms with E-state index in [-0.39, 0.29) is 11.8 Å². The van der Waals surface area contributed by atoms with Gasteiger partial charge in [0.15, 0.2) is 5.69 Å². The highest BCUT2D eigenvalue weighted by Crippen LogP contribution is 2.24. The summed E-state index contributed by atoms with van der Waals surface area (Å²) in [4.78, 5) is 35.2. The summed E-state index contributed by atoms with van der Waals surface area (Å²) >= 11 is 0. The molecule has 1 fully saturated rings. The first-order valence-corrected chi connectivity index (χ1v) is 10.0. The molecular weight excluding hydrogens is 368 g/mol. The van der Waals surface area contributed by atoms with Gasteiger partial charge in [-0.25, -0.2) is 0 Å². The summed E-state index contributed by atoms with van der Waals surface area (Å²) in [7, 11) is 2.06. The number of carbonyl (C=O) groups is 2. The minimum atomic E-state index is -0.0500. The highest BCUT2D eigenvalue weighted by Gasteiger charge is 2.31. The van der Waals surface area contributed by atoms with Gasteiger partial charge in [0.2, 0.25) is 0 Å². The number of rotatable bonds is 2. The number of piperazine rings is 1. The summed E-state index contributed by atoms with van der Waals surface area (Å²) < 4.78 is 0. The smallest absolute Gasteiger partial charge is 0.274 e. The van der Waals surface area contributed by atoms with Gasteiger partial charge in [0.1, 0.15) is 5.69 Å². The average molecular weight is 392 g/mol. The second-order valence-corrected chi connectivity index (χ2v) is 7.87. The van der Waals surface area contributed by atoms with Crippen LogP contribution >= 0.6 is 0 Å². The zero-order valence-electron chi connectivity index (χ0n) is 16.4. The molecular formula is C21H24N6O2. The molecule has 2 aliphatic rings. The molecule has 8 heteroatoms. The highest BCUT2D eigenvalue weighted by atomic mass is 16.2. The number of hydrogen-bond acceptors (Lipinski definition) is 4. The van der Waals surface area contributed by atoms with E-state index in [9.17, 15) is 9.59 Å². The first kappa shape index (κ1) is 17.9. The fraction of sp³-hybridized carbons (Fsp3) is 0.381. The lowest BCUT2D eigenvalue weighted by Gasteiger charge is -2.32. The molecule has 0 atom stereocenters. The third-order valence-electron chi connectivity index (χ3n) is 5.97. The maximum absolute atomic E-state index is 13.1. The van der Waals surface area contributed by atoms with Crippen molar-refractivity contribution in [2.45, 2.75) is 13.0 Å². The molecule has 0 aliphatic carbocycles. The van der Waals surface area contributed by atoms with Crippen LogP contribution in [0.25, 0.3) is 10.9 Å². The number of para-hydroxylation sites is 1. The van der Waals surface area contributed by atoms with E-state index in [0.717, 1.165) is 35.2 Å². The lowest BCUT2D eigenvalue weighted by Crippen LogP contribution is -2.47. The molecule has 2 N–H and O–H groups in total. The Labute approximate surface area is 168 Å². The van der Waals surface area contributed by atoms with Gasteiger partial charge >= 0.3 is 0 Å². The molecule has 1 saturated heterocycles. The van der Waals surface area contributed by atoms with Gasteiger partial charge in [0.05, 0.1) is 6.54 Å². The molecule has 0 saturated carbocycles. The quantitative estimate of drug-likeness (QED) is 0.691. The van der Waals surface area contributed by atoms with Crippen LogP contribution in [0, 0.1) is 0 Å². The zero-order chi connectivity index (χ0) is 20.0. The molecule has 2 aliphatic heterocycles. The van der Waals surface area contributed by atoms with Crippen LogP contribution in [0.3, 0.4) is 0 Å². The Morgan fingerprint density at radius 2 is 1.79 bits per heavy atom. The van der Waals surface area contributed by atoms with Crippen molar-refractivity contribution in [1.29, 1.82) is 0 Å². The number of amides is 2. The minimum Gasteiger partial charge on any atom is -0.351 e. The van der Waals surface area contributed by atoms with Gasteiger partial charge in [0, 0.05) is 61.3 Å². The van der Waals surface area contributed by atoms with E-state index >= 15 is 0 Å². The van der Waals surface area contributed by atoms with Crippen molar-refractivity contribution in [3.05, 3.63) is 53.0 Å². The number of fused-ring (bicyclic) bond motifs is 2. The lowest BCUT2D eigenvalue weighted by molar-refractivity contribution is 0.0647. The van der Waals surface area contributed by atoms with Crippen molar-refractivity contribution in [2.75, 3.05) is 39.8 Å². The standard InChI is InChI=1S/C21H24N6O2/c1-25-8-10-26(11-9-25)21(29)19-15-13-27(7-6-17(15)23-24-19)20(28)18-12-14-4-2-3-5-16(14)22-18/h2-5,12,22H,6-11,13H2,1H3,(H,23,24). The van der Waals surface area contributed by atoms with E-state index < -0.39 is 0 Å². The van der Waals surface area contributed by atoms with Crippen molar-refractivity contribution in [2.24, 2.45) is 0 Å².